The van der Waals surface area contributed by atoms with Crippen LogP contribution < -0.4 is 9.46 Å². The number of aromatic amines is 1. The highest BCUT2D eigenvalue weighted by Crippen LogP contribution is 2.27. The van der Waals surface area contributed by atoms with Gasteiger partial charge >= 0.3 is 0 Å². The van der Waals surface area contributed by atoms with Gasteiger partial charge in [-0.05, 0) is 37.3 Å². The van der Waals surface area contributed by atoms with Gasteiger partial charge in [-0.3, -0.25) is 4.72 Å². The molecule has 0 unspecified atom stereocenters. The molecular weight excluding hydrogens is 302 g/mol. The number of sulfonamides is 1. The van der Waals surface area contributed by atoms with Crippen LogP contribution in [0.3, 0.4) is 0 Å². The lowest BCUT2D eigenvalue weighted by molar-refractivity contribution is 0.342. The molecule has 0 aliphatic carbocycles. The van der Waals surface area contributed by atoms with Gasteiger partial charge in [-0.15, -0.1) is 0 Å². The van der Waals surface area contributed by atoms with Crippen LogP contribution in [0.2, 0.25) is 0 Å². The molecule has 6 nitrogen and oxygen atoms in total. The first-order valence-corrected chi connectivity index (χ1v) is 8.26. The number of hydrogen-bond donors (Lipinski definition) is 2. The minimum Gasteiger partial charge on any atom is -0.492 e. The molecule has 114 valence electrons. The average Bonchev–Trinajstić information content (AvgIpc) is 2.97. The monoisotopic (exact) mass is 317 g/mol. The Morgan fingerprint density at radius 2 is 2.05 bits per heavy atom. The van der Waals surface area contributed by atoms with E-state index in [0.717, 1.165) is 0 Å². The smallest absolute Gasteiger partial charge is 0.262 e. The third kappa shape index (κ3) is 2.75. The molecular formula is C15H15N3O3S. The van der Waals surface area contributed by atoms with Gasteiger partial charge in [0.15, 0.2) is 0 Å². The molecule has 22 heavy (non-hydrogen) atoms. The van der Waals surface area contributed by atoms with Crippen LogP contribution in [-0.4, -0.2) is 25.0 Å². The van der Waals surface area contributed by atoms with Crippen molar-refractivity contribution in [2.24, 2.45) is 0 Å². The summed E-state index contributed by atoms with van der Waals surface area (Å²) in [6, 6.07) is 11.7. The Labute approximate surface area is 128 Å². The molecule has 1 heterocycles. The van der Waals surface area contributed by atoms with E-state index in [1.165, 1.54) is 12.4 Å². The first-order valence-electron chi connectivity index (χ1n) is 6.78. The van der Waals surface area contributed by atoms with Crippen molar-refractivity contribution >= 4 is 26.7 Å². The van der Waals surface area contributed by atoms with Crippen molar-refractivity contribution in [2.45, 2.75) is 11.8 Å². The van der Waals surface area contributed by atoms with Crippen LogP contribution in [0.5, 0.6) is 5.75 Å². The minimum absolute atomic E-state index is 0.163. The predicted molar refractivity (Wildman–Crippen MR) is 84.5 cm³/mol. The number of imidazole rings is 1. The number of ether oxygens (including phenoxy) is 1. The molecule has 2 aromatic carbocycles. The van der Waals surface area contributed by atoms with Gasteiger partial charge in [-0.25, -0.2) is 13.4 Å². The van der Waals surface area contributed by atoms with E-state index in [1.54, 1.807) is 36.4 Å². The highest BCUT2D eigenvalue weighted by Gasteiger charge is 2.17. The van der Waals surface area contributed by atoms with Crippen LogP contribution in [0, 0.1) is 0 Å². The minimum atomic E-state index is -3.70. The van der Waals surface area contributed by atoms with Crippen molar-refractivity contribution in [1.82, 2.24) is 9.97 Å². The van der Waals surface area contributed by atoms with E-state index in [0.29, 0.717) is 29.1 Å². The molecule has 0 saturated heterocycles. The zero-order valence-electron chi connectivity index (χ0n) is 11.9. The fourth-order valence-electron chi connectivity index (χ4n) is 2.12. The second-order valence-corrected chi connectivity index (χ2v) is 6.30. The highest BCUT2D eigenvalue weighted by molar-refractivity contribution is 7.92. The zero-order valence-corrected chi connectivity index (χ0v) is 12.7. The summed E-state index contributed by atoms with van der Waals surface area (Å²) in [6.07, 6.45) is 1.53. The Morgan fingerprint density at radius 1 is 1.23 bits per heavy atom. The molecule has 0 spiro atoms. The Morgan fingerprint density at radius 3 is 2.86 bits per heavy atom. The number of fused-ring (bicyclic) bond motifs is 1. The van der Waals surface area contributed by atoms with Crippen molar-refractivity contribution in [3.63, 3.8) is 0 Å². The van der Waals surface area contributed by atoms with Crippen LogP contribution in [0.1, 0.15) is 6.92 Å². The van der Waals surface area contributed by atoms with Crippen LogP contribution in [0.4, 0.5) is 5.69 Å². The summed E-state index contributed by atoms with van der Waals surface area (Å²) in [4.78, 5) is 7.14. The molecule has 0 amide bonds. The lowest BCUT2D eigenvalue weighted by Gasteiger charge is -2.12. The fourth-order valence-corrected chi connectivity index (χ4v) is 3.21. The number of benzene rings is 2. The van der Waals surface area contributed by atoms with Crippen LogP contribution in [-0.2, 0) is 10.0 Å². The maximum Gasteiger partial charge on any atom is 0.262 e. The predicted octanol–water partition coefficient (Wildman–Crippen LogP) is 2.76. The Bertz CT molecular complexity index is 903. The van der Waals surface area contributed by atoms with E-state index in [9.17, 15) is 8.42 Å². The Balaban J connectivity index is 1.96. The lowest BCUT2D eigenvalue weighted by Crippen LogP contribution is -2.13. The zero-order chi connectivity index (χ0) is 15.6. The van der Waals surface area contributed by atoms with E-state index < -0.39 is 10.0 Å². The number of anilines is 1. The third-order valence-electron chi connectivity index (χ3n) is 3.13. The molecule has 0 bridgehead atoms. The molecule has 0 radical (unpaired) electrons. The first kappa shape index (κ1) is 14.4. The van der Waals surface area contributed by atoms with Crippen molar-refractivity contribution < 1.29 is 13.2 Å². The maximum absolute atomic E-state index is 12.5. The second-order valence-electron chi connectivity index (χ2n) is 4.62. The molecule has 3 rings (SSSR count). The molecule has 1 aromatic heterocycles. The molecule has 0 aliphatic rings. The largest absolute Gasteiger partial charge is 0.492 e. The van der Waals surface area contributed by atoms with Gasteiger partial charge in [-0.1, -0.05) is 12.1 Å². The number of rotatable bonds is 5. The summed E-state index contributed by atoms with van der Waals surface area (Å²) in [6.45, 7) is 2.30. The fraction of sp³-hybridized carbons (Fsp3) is 0.133. The summed E-state index contributed by atoms with van der Waals surface area (Å²) < 4.78 is 33.0. The normalized spacial score (nSPS) is 11.5. The van der Waals surface area contributed by atoms with E-state index in [1.807, 2.05) is 6.92 Å². The second kappa shape index (κ2) is 5.69. The maximum atomic E-state index is 12.5. The van der Waals surface area contributed by atoms with Crippen LogP contribution in [0.15, 0.2) is 53.7 Å². The SMILES string of the molecule is CCOc1ccccc1NS(=O)(=O)c1ccc2nc[nH]c2c1. The molecule has 0 saturated carbocycles. The lowest BCUT2D eigenvalue weighted by atomic mass is 10.3. The first-order chi connectivity index (χ1) is 10.6. The molecule has 0 aliphatic heterocycles. The van der Waals surface area contributed by atoms with Crippen molar-refractivity contribution in [1.29, 1.82) is 0 Å². The third-order valence-corrected chi connectivity index (χ3v) is 4.50. The van der Waals surface area contributed by atoms with Gasteiger partial charge in [0.1, 0.15) is 5.75 Å². The standard InChI is InChI=1S/C15H15N3O3S/c1-2-21-15-6-4-3-5-13(15)18-22(19,20)11-7-8-12-14(9-11)17-10-16-12/h3-10,18H,2H2,1H3,(H,16,17). The average molecular weight is 317 g/mol. The molecule has 0 fully saturated rings. The number of nitrogens with zero attached hydrogens (tertiary/aromatic N) is 1. The van der Waals surface area contributed by atoms with E-state index in [-0.39, 0.29) is 4.90 Å². The number of H-pyrrole nitrogens is 1. The summed E-state index contributed by atoms with van der Waals surface area (Å²) >= 11 is 0. The van der Waals surface area contributed by atoms with Gasteiger partial charge in [0.05, 0.1) is 34.6 Å². The quantitative estimate of drug-likeness (QED) is 0.758. The van der Waals surface area contributed by atoms with Gasteiger partial charge in [-0.2, -0.15) is 0 Å². The molecule has 3 aromatic rings. The molecule has 0 atom stereocenters. The summed E-state index contributed by atoms with van der Waals surface area (Å²) in [5.41, 5.74) is 1.80. The summed E-state index contributed by atoms with van der Waals surface area (Å²) in [5.74, 6) is 0.496. The number of aromatic nitrogens is 2. The topological polar surface area (TPSA) is 84.1 Å². The van der Waals surface area contributed by atoms with Gasteiger partial charge < -0.3 is 9.72 Å². The molecule has 7 heteroatoms. The van der Waals surface area contributed by atoms with Crippen molar-refractivity contribution in [2.75, 3.05) is 11.3 Å². The van der Waals surface area contributed by atoms with Crippen LogP contribution >= 0.6 is 0 Å². The number of nitrogens with one attached hydrogen (secondary N) is 2. The Hall–Kier alpha value is -2.54. The summed E-state index contributed by atoms with van der Waals surface area (Å²) in [5, 5.41) is 0. The van der Waals surface area contributed by atoms with Gasteiger partial charge in [0.2, 0.25) is 0 Å². The highest BCUT2D eigenvalue weighted by atomic mass is 32.2. The number of para-hydroxylation sites is 2. The van der Waals surface area contributed by atoms with Crippen LogP contribution in [0.25, 0.3) is 11.0 Å². The van der Waals surface area contributed by atoms with E-state index in [4.69, 9.17) is 4.74 Å². The van der Waals surface area contributed by atoms with Gasteiger partial charge in [0, 0.05) is 0 Å². The van der Waals surface area contributed by atoms with E-state index >= 15 is 0 Å². The van der Waals surface area contributed by atoms with Crippen molar-refractivity contribution in [3.05, 3.63) is 48.8 Å². The Kier molecular flexibility index (Phi) is 3.72. The van der Waals surface area contributed by atoms with Gasteiger partial charge in [0.25, 0.3) is 10.0 Å². The van der Waals surface area contributed by atoms with Crippen molar-refractivity contribution in [3.8, 4) is 5.75 Å². The summed E-state index contributed by atoms with van der Waals surface area (Å²) in [7, 11) is -3.70. The molecule has 2 N–H and O–H groups in total. The number of hydrogen-bond acceptors (Lipinski definition) is 4. The van der Waals surface area contributed by atoms with E-state index in [2.05, 4.69) is 14.7 Å².